The number of benzene rings is 3. The first-order chi connectivity index (χ1) is 16.7. The second kappa shape index (κ2) is 9.89. The third-order valence-corrected chi connectivity index (χ3v) is 5.89. The number of carbonyl (C=O) groups excluding carboxylic acids is 2. The van der Waals surface area contributed by atoms with Gasteiger partial charge in [0.1, 0.15) is 5.69 Å². The van der Waals surface area contributed by atoms with Gasteiger partial charge in [-0.3, -0.25) is 9.59 Å². The number of nitriles is 1. The fourth-order valence-electron chi connectivity index (χ4n) is 3.50. The number of H-pyrrole nitrogens is 1. The third kappa shape index (κ3) is 5.27. The number of nitrogens with zero attached hydrogens (tertiary/aromatic N) is 1. The zero-order valence-electron chi connectivity index (χ0n) is 17.9. The van der Waals surface area contributed by atoms with Crippen molar-refractivity contribution in [3.05, 3.63) is 93.1 Å². The summed E-state index contributed by atoms with van der Waals surface area (Å²) in [5.41, 5.74) is 1.85. The van der Waals surface area contributed by atoms with Crippen molar-refractivity contribution < 1.29 is 19.5 Å². The molecule has 1 aromatic heterocycles. The number of halogens is 2. The Morgan fingerprint density at radius 2 is 1.74 bits per heavy atom. The van der Waals surface area contributed by atoms with Gasteiger partial charge in [-0.25, -0.2) is 4.79 Å². The fraction of sp³-hybridized carbons (Fsp3) is 0.0400. The topological polar surface area (TPSA) is 135 Å². The van der Waals surface area contributed by atoms with Crippen molar-refractivity contribution in [1.82, 2.24) is 4.98 Å². The SMILES string of the molecule is N#Cc1ccc(NC(=O)c2cc3cccc(NC(=O)Cc4ccc(Cl)c(Cl)c4)c3[nH]2)c(C(=O)O)c1. The summed E-state index contributed by atoms with van der Waals surface area (Å²) in [4.78, 5) is 40.0. The lowest BCUT2D eigenvalue weighted by molar-refractivity contribution is -0.115. The molecule has 0 spiro atoms. The van der Waals surface area contributed by atoms with Crippen molar-refractivity contribution in [3.63, 3.8) is 0 Å². The van der Waals surface area contributed by atoms with E-state index in [-0.39, 0.29) is 34.8 Å². The van der Waals surface area contributed by atoms with E-state index >= 15 is 0 Å². The molecule has 0 unspecified atom stereocenters. The quantitative estimate of drug-likeness (QED) is 0.274. The highest BCUT2D eigenvalue weighted by atomic mass is 35.5. The summed E-state index contributed by atoms with van der Waals surface area (Å²) in [7, 11) is 0. The Hall–Kier alpha value is -4.32. The van der Waals surface area contributed by atoms with Gasteiger partial charge in [-0.15, -0.1) is 0 Å². The summed E-state index contributed by atoms with van der Waals surface area (Å²) in [6, 6.07) is 17.5. The third-order valence-electron chi connectivity index (χ3n) is 5.15. The van der Waals surface area contributed by atoms with E-state index in [9.17, 15) is 19.5 Å². The molecule has 0 radical (unpaired) electrons. The van der Waals surface area contributed by atoms with E-state index in [0.717, 1.165) is 0 Å². The molecule has 0 aliphatic rings. The van der Waals surface area contributed by atoms with Crippen molar-refractivity contribution in [2.24, 2.45) is 0 Å². The predicted octanol–water partition coefficient (Wildman–Crippen LogP) is 5.48. The number of amides is 2. The van der Waals surface area contributed by atoms with Crippen LogP contribution in [0.2, 0.25) is 10.0 Å². The van der Waals surface area contributed by atoms with Gasteiger partial charge in [-0.1, -0.05) is 41.4 Å². The van der Waals surface area contributed by atoms with Gasteiger partial charge in [0.15, 0.2) is 0 Å². The number of hydrogen-bond acceptors (Lipinski definition) is 4. The first-order valence-corrected chi connectivity index (χ1v) is 10.9. The van der Waals surface area contributed by atoms with Gasteiger partial charge in [-0.2, -0.15) is 5.26 Å². The first-order valence-electron chi connectivity index (χ1n) is 10.2. The summed E-state index contributed by atoms with van der Waals surface area (Å²) in [5.74, 6) is -2.15. The minimum absolute atomic E-state index is 0.0512. The molecule has 35 heavy (non-hydrogen) atoms. The Labute approximate surface area is 209 Å². The summed E-state index contributed by atoms with van der Waals surface area (Å²) in [5, 5.41) is 25.2. The summed E-state index contributed by atoms with van der Waals surface area (Å²) in [6.45, 7) is 0. The number of aromatic amines is 1. The van der Waals surface area contributed by atoms with Crippen molar-refractivity contribution in [3.8, 4) is 6.07 Å². The van der Waals surface area contributed by atoms with Gasteiger partial charge in [0.25, 0.3) is 5.91 Å². The van der Waals surface area contributed by atoms with Crippen LogP contribution in [0, 0.1) is 11.3 Å². The second-order valence-electron chi connectivity index (χ2n) is 7.56. The molecule has 4 N–H and O–H groups in total. The molecule has 174 valence electrons. The molecule has 4 rings (SSSR count). The molecule has 0 saturated carbocycles. The van der Waals surface area contributed by atoms with Crippen LogP contribution in [0.4, 0.5) is 11.4 Å². The highest BCUT2D eigenvalue weighted by molar-refractivity contribution is 6.42. The van der Waals surface area contributed by atoms with E-state index in [0.29, 0.717) is 32.2 Å². The molecular weight excluding hydrogens is 491 g/mol. The number of aromatic nitrogens is 1. The number of carboxylic acid groups (broad SMARTS) is 1. The van der Waals surface area contributed by atoms with Crippen LogP contribution >= 0.6 is 23.2 Å². The lowest BCUT2D eigenvalue weighted by Crippen LogP contribution is -2.16. The second-order valence-corrected chi connectivity index (χ2v) is 8.37. The van der Waals surface area contributed by atoms with Crippen LogP contribution in [-0.2, 0) is 11.2 Å². The van der Waals surface area contributed by atoms with Gasteiger partial charge < -0.3 is 20.7 Å². The standard InChI is InChI=1S/C25H16Cl2N4O4/c26-17-6-4-13(9-18(17)27)10-22(32)29-20-3-1-2-15-11-21(30-23(15)20)24(33)31-19-7-5-14(12-28)8-16(19)25(34)35/h1-9,11,30H,10H2,(H,29,32)(H,31,33)(H,34,35). The molecule has 0 bridgehead atoms. The van der Waals surface area contributed by atoms with E-state index < -0.39 is 11.9 Å². The van der Waals surface area contributed by atoms with Crippen LogP contribution in [0.5, 0.6) is 0 Å². The van der Waals surface area contributed by atoms with E-state index in [1.54, 1.807) is 42.5 Å². The number of rotatable bonds is 6. The summed E-state index contributed by atoms with van der Waals surface area (Å²) < 4.78 is 0. The Balaban J connectivity index is 1.55. The maximum Gasteiger partial charge on any atom is 0.337 e. The van der Waals surface area contributed by atoms with Gasteiger partial charge in [0, 0.05) is 5.39 Å². The number of para-hydroxylation sites is 1. The van der Waals surface area contributed by atoms with Gasteiger partial charge in [0.2, 0.25) is 5.91 Å². The average Bonchev–Trinajstić information content (AvgIpc) is 3.27. The van der Waals surface area contributed by atoms with Crippen LogP contribution in [0.15, 0.2) is 60.7 Å². The number of nitrogens with one attached hydrogen (secondary N) is 3. The number of fused-ring (bicyclic) bond motifs is 1. The monoisotopic (exact) mass is 506 g/mol. The van der Waals surface area contributed by atoms with E-state index in [4.69, 9.17) is 28.5 Å². The Morgan fingerprint density at radius 3 is 2.46 bits per heavy atom. The van der Waals surface area contributed by atoms with Crippen LogP contribution in [-0.4, -0.2) is 27.9 Å². The lowest BCUT2D eigenvalue weighted by Gasteiger charge is -2.08. The van der Waals surface area contributed by atoms with Gasteiger partial charge >= 0.3 is 5.97 Å². The maximum absolute atomic E-state index is 12.8. The van der Waals surface area contributed by atoms with Gasteiger partial charge in [0.05, 0.1) is 50.6 Å². The van der Waals surface area contributed by atoms with E-state index in [1.807, 2.05) is 6.07 Å². The Kier molecular flexibility index (Phi) is 6.73. The zero-order valence-corrected chi connectivity index (χ0v) is 19.4. The largest absolute Gasteiger partial charge is 0.478 e. The van der Waals surface area contributed by atoms with Crippen molar-refractivity contribution >= 4 is 63.3 Å². The van der Waals surface area contributed by atoms with Crippen LogP contribution in [0.25, 0.3) is 10.9 Å². The molecule has 4 aromatic rings. The van der Waals surface area contributed by atoms with Gasteiger partial charge in [-0.05, 0) is 48.0 Å². The Morgan fingerprint density at radius 1 is 0.943 bits per heavy atom. The number of carbonyl (C=O) groups is 3. The van der Waals surface area contributed by atoms with Crippen LogP contribution in [0.3, 0.4) is 0 Å². The number of carboxylic acids is 1. The minimum Gasteiger partial charge on any atom is -0.478 e. The molecule has 1 heterocycles. The van der Waals surface area contributed by atoms with E-state index in [2.05, 4.69) is 15.6 Å². The van der Waals surface area contributed by atoms with E-state index in [1.165, 1.54) is 18.2 Å². The molecule has 8 nitrogen and oxygen atoms in total. The molecule has 0 saturated heterocycles. The molecule has 0 atom stereocenters. The summed E-state index contributed by atoms with van der Waals surface area (Å²) in [6.07, 6.45) is 0.0674. The summed E-state index contributed by atoms with van der Waals surface area (Å²) >= 11 is 11.9. The van der Waals surface area contributed by atoms with Crippen molar-refractivity contribution in [2.45, 2.75) is 6.42 Å². The first kappa shape index (κ1) is 23.8. The van der Waals surface area contributed by atoms with Crippen LogP contribution < -0.4 is 10.6 Å². The lowest BCUT2D eigenvalue weighted by atomic mass is 10.1. The highest BCUT2D eigenvalue weighted by Gasteiger charge is 2.17. The Bertz CT molecular complexity index is 1540. The molecule has 0 aliphatic carbocycles. The molecule has 3 aromatic carbocycles. The van der Waals surface area contributed by atoms with Crippen molar-refractivity contribution in [1.29, 1.82) is 5.26 Å². The predicted molar refractivity (Wildman–Crippen MR) is 133 cm³/mol. The molecular formula is C25H16Cl2N4O4. The number of aromatic carboxylic acids is 1. The molecule has 10 heteroatoms. The minimum atomic E-state index is -1.28. The maximum atomic E-state index is 12.8. The molecule has 2 amide bonds. The number of hydrogen-bond donors (Lipinski definition) is 4. The molecule has 0 aliphatic heterocycles. The smallest absolute Gasteiger partial charge is 0.337 e. The highest BCUT2D eigenvalue weighted by Crippen LogP contribution is 2.26. The van der Waals surface area contributed by atoms with Crippen LogP contribution in [0.1, 0.15) is 32.0 Å². The van der Waals surface area contributed by atoms with Crippen molar-refractivity contribution in [2.75, 3.05) is 10.6 Å². The normalized spacial score (nSPS) is 10.5. The average molecular weight is 507 g/mol. The number of anilines is 2. The fourth-order valence-corrected chi connectivity index (χ4v) is 3.82. The molecule has 0 fully saturated rings. The zero-order chi connectivity index (χ0) is 25.1.